The molecule has 122 valence electrons. The molecule has 0 bridgehead atoms. The Morgan fingerprint density at radius 2 is 2.23 bits per heavy atom. The lowest BCUT2D eigenvalue weighted by Crippen LogP contribution is -2.36. The van der Waals surface area contributed by atoms with Gasteiger partial charge in [0.05, 0.1) is 18.3 Å². The number of carbonyl (C=O) groups is 1. The molecule has 0 fully saturated rings. The number of nitrogens with zero attached hydrogens (tertiary/aromatic N) is 2. The number of fused-ring (bicyclic) bond motifs is 1. The van der Waals surface area contributed by atoms with E-state index in [1.807, 2.05) is 5.38 Å². The minimum atomic E-state index is -0.206. The largest absolute Gasteiger partial charge is 0.383 e. The Labute approximate surface area is 138 Å². The fourth-order valence-electron chi connectivity index (χ4n) is 1.81. The number of halogens is 1. The van der Waals surface area contributed by atoms with Crippen molar-refractivity contribution in [1.29, 1.82) is 0 Å². The molecule has 0 saturated heterocycles. The molecule has 0 spiro atoms. The van der Waals surface area contributed by atoms with Gasteiger partial charge in [-0.05, 0) is 11.4 Å². The molecule has 2 heterocycles. The zero-order valence-corrected chi connectivity index (χ0v) is 13.8. The molecular weight excluding hydrogens is 328 g/mol. The number of thiophene rings is 1. The second kappa shape index (κ2) is 9.52. The van der Waals surface area contributed by atoms with Gasteiger partial charge < -0.3 is 15.4 Å². The van der Waals surface area contributed by atoms with Gasteiger partial charge in [0, 0.05) is 26.7 Å². The van der Waals surface area contributed by atoms with Gasteiger partial charge in [-0.2, -0.15) is 0 Å². The Kier molecular flexibility index (Phi) is 8.03. The third-order valence-corrected chi connectivity index (χ3v) is 3.69. The van der Waals surface area contributed by atoms with Crippen molar-refractivity contribution >= 4 is 39.9 Å². The van der Waals surface area contributed by atoms with E-state index in [1.165, 1.54) is 22.2 Å². The molecule has 9 heteroatoms. The van der Waals surface area contributed by atoms with E-state index < -0.39 is 0 Å². The van der Waals surface area contributed by atoms with Crippen LogP contribution in [0.2, 0.25) is 0 Å². The van der Waals surface area contributed by atoms with Crippen LogP contribution >= 0.6 is 23.7 Å². The third kappa shape index (κ3) is 5.06. The molecule has 0 aliphatic carbocycles. The summed E-state index contributed by atoms with van der Waals surface area (Å²) >= 11 is 1.41. The fourth-order valence-corrected chi connectivity index (χ4v) is 2.53. The van der Waals surface area contributed by atoms with Gasteiger partial charge in [0.1, 0.15) is 11.4 Å². The number of carbonyl (C=O) groups excluding carboxylic acids is 1. The van der Waals surface area contributed by atoms with Gasteiger partial charge in [-0.3, -0.25) is 14.2 Å². The molecule has 7 nitrogen and oxygen atoms in total. The van der Waals surface area contributed by atoms with Crippen molar-refractivity contribution in [3.8, 4) is 0 Å². The van der Waals surface area contributed by atoms with E-state index in [2.05, 4.69) is 15.6 Å². The number of methoxy groups -OCH3 is 1. The van der Waals surface area contributed by atoms with Crippen LogP contribution in [-0.2, 0) is 16.1 Å². The summed E-state index contributed by atoms with van der Waals surface area (Å²) in [6.45, 7) is 2.52. The number of hydrogen-bond donors (Lipinski definition) is 2. The molecule has 0 atom stereocenters. The van der Waals surface area contributed by atoms with E-state index in [1.54, 1.807) is 13.2 Å². The van der Waals surface area contributed by atoms with Crippen molar-refractivity contribution in [3.05, 3.63) is 28.1 Å². The Morgan fingerprint density at radius 3 is 3.00 bits per heavy atom. The highest BCUT2D eigenvalue weighted by atomic mass is 35.5. The number of amides is 1. The molecule has 0 aliphatic rings. The van der Waals surface area contributed by atoms with Crippen LogP contribution in [0.1, 0.15) is 0 Å². The molecule has 22 heavy (non-hydrogen) atoms. The van der Waals surface area contributed by atoms with E-state index in [-0.39, 0.29) is 30.4 Å². The first-order valence-electron chi connectivity index (χ1n) is 6.61. The highest BCUT2D eigenvalue weighted by Crippen LogP contribution is 2.12. The average Bonchev–Trinajstić information content (AvgIpc) is 2.95. The Morgan fingerprint density at radius 1 is 1.41 bits per heavy atom. The maximum atomic E-state index is 12.1. The van der Waals surface area contributed by atoms with E-state index in [4.69, 9.17) is 4.74 Å². The van der Waals surface area contributed by atoms with Crippen molar-refractivity contribution in [2.45, 2.75) is 6.54 Å². The van der Waals surface area contributed by atoms with Crippen molar-refractivity contribution in [3.63, 3.8) is 0 Å². The first kappa shape index (κ1) is 18.6. The van der Waals surface area contributed by atoms with E-state index in [0.29, 0.717) is 29.9 Å². The van der Waals surface area contributed by atoms with Crippen molar-refractivity contribution in [2.75, 3.05) is 33.4 Å². The Bertz CT molecular complexity index is 658. The van der Waals surface area contributed by atoms with Crippen molar-refractivity contribution < 1.29 is 9.53 Å². The highest BCUT2D eigenvalue weighted by molar-refractivity contribution is 7.16. The second-order valence-corrected chi connectivity index (χ2v) is 5.30. The van der Waals surface area contributed by atoms with Crippen molar-refractivity contribution in [1.82, 2.24) is 20.2 Å². The summed E-state index contributed by atoms with van der Waals surface area (Å²) in [5.74, 6) is -0.206. The van der Waals surface area contributed by atoms with Gasteiger partial charge in [-0.15, -0.1) is 23.7 Å². The first-order valence-corrected chi connectivity index (χ1v) is 7.49. The molecule has 0 saturated carbocycles. The SMILES string of the molecule is COCCNCCNC(=O)Cn1cnc2sccc2c1=O.Cl. The quantitative estimate of drug-likeness (QED) is 0.668. The summed E-state index contributed by atoms with van der Waals surface area (Å²) in [7, 11) is 1.64. The number of ether oxygens (including phenoxy) is 1. The molecule has 0 aromatic carbocycles. The normalized spacial score (nSPS) is 10.4. The van der Waals surface area contributed by atoms with Crippen LogP contribution in [-0.4, -0.2) is 48.8 Å². The lowest BCUT2D eigenvalue weighted by molar-refractivity contribution is -0.121. The Hall–Kier alpha value is -1.48. The van der Waals surface area contributed by atoms with Crippen LogP contribution in [0.4, 0.5) is 0 Å². The first-order chi connectivity index (χ1) is 10.2. The van der Waals surface area contributed by atoms with Crippen LogP contribution in [0, 0.1) is 0 Å². The van der Waals surface area contributed by atoms with E-state index in [9.17, 15) is 9.59 Å². The summed E-state index contributed by atoms with van der Waals surface area (Å²) in [6.07, 6.45) is 1.41. The van der Waals surface area contributed by atoms with Crippen molar-refractivity contribution in [2.24, 2.45) is 0 Å². The van der Waals surface area contributed by atoms with Gasteiger partial charge in [0.2, 0.25) is 5.91 Å². The number of nitrogens with one attached hydrogen (secondary N) is 2. The summed E-state index contributed by atoms with van der Waals surface area (Å²) in [6, 6.07) is 1.73. The predicted octanol–water partition coefficient (Wildman–Crippen LogP) is 0.232. The molecule has 1 amide bonds. The van der Waals surface area contributed by atoms with Gasteiger partial charge in [-0.25, -0.2) is 4.98 Å². The maximum absolute atomic E-state index is 12.1. The zero-order valence-electron chi connectivity index (χ0n) is 12.2. The molecule has 2 N–H and O–H groups in total. The highest BCUT2D eigenvalue weighted by Gasteiger charge is 2.08. The smallest absolute Gasteiger partial charge is 0.262 e. The lowest BCUT2D eigenvalue weighted by atomic mass is 10.4. The monoisotopic (exact) mass is 346 g/mol. The van der Waals surface area contributed by atoms with Crippen LogP contribution in [0.15, 0.2) is 22.6 Å². The van der Waals surface area contributed by atoms with Gasteiger partial charge in [0.15, 0.2) is 0 Å². The fraction of sp³-hybridized carbons (Fsp3) is 0.462. The van der Waals surface area contributed by atoms with Crippen LogP contribution in [0.25, 0.3) is 10.2 Å². The standard InChI is InChI=1S/C13H18N4O3S.ClH/c1-20-6-5-14-3-4-15-11(18)8-17-9-16-12-10(13(17)19)2-7-21-12;/h2,7,9,14H,3-6,8H2,1H3,(H,15,18);1H. The molecule has 0 radical (unpaired) electrons. The summed E-state index contributed by atoms with van der Waals surface area (Å²) in [5.41, 5.74) is -0.186. The van der Waals surface area contributed by atoms with Gasteiger partial charge in [-0.1, -0.05) is 0 Å². The maximum Gasteiger partial charge on any atom is 0.262 e. The zero-order chi connectivity index (χ0) is 15.1. The molecule has 0 aliphatic heterocycles. The van der Waals surface area contributed by atoms with E-state index >= 15 is 0 Å². The Balaban J connectivity index is 0.00000242. The van der Waals surface area contributed by atoms with Crippen LogP contribution in [0.5, 0.6) is 0 Å². The van der Waals surface area contributed by atoms with Gasteiger partial charge >= 0.3 is 0 Å². The molecule has 0 unspecified atom stereocenters. The second-order valence-electron chi connectivity index (χ2n) is 4.41. The molecular formula is C13H19ClN4O3S. The van der Waals surface area contributed by atoms with Gasteiger partial charge in [0.25, 0.3) is 5.56 Å². The molecule has 2 aromatic heterocycles. The number of hydrogen-bond acceptors (Lipinski definition) is 6. The topological polar surface area (TPSA) is 85.2 Å². The van der Waals surface area contributed by atoms with Crippen LogP contribution in [0.3, 0.4) is 0 Å². The third-order valence-electron chi connectivity index (χ3n) is 2.87. The average molecular weight is 347 g/mol. The number of rotatable bonds is 8. The van der Waals surface area contributed by atoms with Crippen LogP contribution < -0.4 is 16.2 Å². The minimum Gasteiger partial charge on any atom is -0.383 e. The van der Waals surface area contributed by atoms with E-state index in [0.717, 1.165) is 6.54 Å². The molecule has 2 aromatic rings. The minimum absolute atomic E-state index is 0. The lowest BCUT2D eigenvalue weighted by Gasteiger charge is -2.08. The summed E-state index contributed by atoms with van der Waals surface area (Å²) in [5, 5.41) is 8.24. The number of aromatic nitrogens is 2. The summed E-state index contributed by atoms with van der Waals surface area (Å²) < 4.78 is 6.22. The molecule has 2 rings (SSSR count). The summed E-state index contributed by atoms with van der Waals surface area (Å²) in [4.78, 5) is 28.7. The predicted molar refractivity (Wildman–Crippen MR) is 88.9 cm³/mol.